The second-order valence-corrected chi connectivity index (χ2v) is 3.00. The van der Waals surface area contributed by atoms with Crippen molar-refractivity contribution < 1.29 is 8.78 Å². The Bertz CT molecular complexity index is 277. The molecule has 14 heavy (non-hydrogen) atoms. The van der Waals surface area contributed by atoms with Crippen molar-refractivity contribution in [3.05, 3.63) is 60.2 Å². The third-order valence-corrected chi connectivity index (χ3v) is 1.36. The first-order chi connectivity index (χ1) is 6.45. The molecule has 2 heteroatoms. The number of halogens is 2. The van der Waals surface area contributed by atoms with Gasteiger partial charge in [0, 0.05) is 6.07 Å². The summed E-state index contributed by atoms with van der Waals surface area (Å²) in [5, 5.41) is 0. The summed E-state index contributed by atoms with van der Waals surface area (Å²) in [6.07, 6.45) is 1.72. The van der Waals surface area contributed by atoms with Crippen LogP contribution in [0.1, 0.15) is 12.5 Å². The van der Waals surface area contributed by atoms with Crippen LogP contribution in [0.2, 0.25) is 0 Å². The fraction of sp³-hybridized carbons (Fsp3) is 0.167. The number of aryl methyl sites for hydroxylation is 1. The Kier molecular flexibility index (Phi) is 5.46. The number of allylic oxidation sites excluding steroid dienone is 2. The van der Waals surface area contributed by atoms with Crippen LogP contribution in [0.4, 0.5) is 8.78 Å². The number of hydrogen-bond donors (Lipinski definition) is 0. The van der Waals surface area contributed by atoms with Gasteiger partial charge in [-0.15, -0.1) is 0 Å². The maximum atomic E-state index is 12.2. The van der Waals surface area contributed by atoms with Gasteiger partial charge in [-0.2, -0.15) is 0 Å². The van der Waals surface area contributed by atoms with E-state index in [-0.39, 0.29) is 0 Å². The maximum Gasteiger partial charge on any atom is 0.126 e. The molecule has 0 saturated carbocycles. The first-order valence-corrected chi connectivity index (χ1v) is 4.16. The van der Waals surface area contributed by atoms with Gasteiger partial charge in [0.25, 0.3) is 0 Å². The zero-order chi connectivity index (χ0) is 11.1. The lowest BCUT2D eigenvalue weighted by Crippen LogP contribution is -1.80. The van der Waals surface area contributed by atoms with E-state index in [1.165, 1.54) is 12.1 Å². The van der Waals surface area contributed by atoms with Crippen LogP contribution >= 0.6 is 0 Å². The summed E-state index contributed by atoms with van der Waals surface area (Å²) in [6, 6.07) is 3.42. The molecule has 0 bridgehead atoms. The van der Waals surface area contributed by atoms with Crippen LogP contribution in [-0.4, -0.2) is 0 Å². The van der Waals surface area contributed by atoms with Gasteiger partial charge >= 0.3 is 0 Å². The van der Waals surface area contributed by atoms with Gasteiger partial charge in [-0.3, -0.25) is 0 Å². The van der Waals surface area contributed by atoms with E-state index < -0.39 is 11.6 Å². The first-order valence-electron chi connectivity index (χ1n) is 4.16. The van der Waals surface area contributed by atoms with E-state index in [2.05, 4.69) is 13.2 Å². The van der Waals surface area contributed by atoms with Crippen molar-refractivity contribution >= 4 is 0 Å². The fourth-order valence-corrected chi connectivity index (χ4v) is 0.692. The molecule has 0 nitrogen and oxygen atoms in total. The molecule has 1 aromatic carbocycles. The molecule has 0 unspecified atom stereocenters. The predicted molar refractivity (Wildman–Crippen MR) is 56.1 cm³/mol. The quantitative estimate of drug-likeness (QED) is 0.595. The lowest BCUT2D eigenvalue weighted by atomic mass is 10.2. The number of benzene rings is 1. The van der Waals surface area contributed by atoms with E-state index in [9.17, 15) is 8.78 Å². The van der Waals surface area contributed by atoms with Crippen LogP contribution < -0.4 is 0 Å². The molecule has 1 aromatic rings. The third-order valence-electron chi connectivity index (χ3n) is 1.36. The van der Waals surface area contributed by atoms with E-state index in [0.717, 1.165) is 11.6 Å². The molecule has 0 heterocycles. The van der Waals surface area contributed by atoms with Gasteiger partial charge in [-0.25, -0.2) is 8.78 Å². The molecule has 0 atom stereocenters. The van der Waals surface area contributed by atoms with Crippen LogP contribution in [-0.2, 0) is 0 Å². The van der Waals surface area contributed by atoms with E-state index in [0.29, 0.717) is 5.56 Å². The Morgan fingerprint density at radius 3 is 1.79 bits per heavy atom. The van der Waals surface area contributed by atoms with Crippen LogP contribution in [0.15, 0.2) is 43.0 Å². The predicted octanol–water partition coefficient (Wildman–Crippen LogP) is 4.02. The normalized spacial score (nSPS) is 8.57. The monoisotopic (exact) mass is 196 g/mol. The molecule has 1 rings (SSSR count). The topological polar surface area (TPSA) is 0 Å². The van der Waals surface area contributed by atoms with Crippen molar-refractivity contribution in [2.45, 2.75) is 13.8 Å². The second kappa shape index (κ2) is 6.08. The Balaban J connectivity index is 0.000000292. The molecule has 0 amide bonds. The molecule has 0 aliphatic rings. The molecule has 0 fully saturated rings. The number of rotatable bonds is 1. The Hall–Kier alpha value is -1.44. The Morgan fingerprint density at radius 1 is 1.21 bits per heavy atom. The average molecular weight is 196 g/mol. The van der Waals surface area contributed by atoms with Crippen molar-refractivity contribution in [3.8, 4) is 0 Å². The van der Waals surface area contributed by atoms with Gasteiger partial charge in [0.15, 0.2) is 0 Å². The van der Waals surface area contributed by atoms with Crippen molar-refractivity contribution in [1.82, 2.24) is 0 Å². The van der Waals surface area contributed by atoms with E-state index in [1.54, 1.807) is 13.0 Å². The highest BCUT2D eigenvalue weighted by Gasteiger charge is 1.93. The highest BCUT2D eigenvalue weighted by atomic mass is 19.1. The summed E-state index contributed by atoms with van der Waals surface area (Å²) < 4.78 is 24.4. The van der Waals surface area contributed by atoms with Crippen LogP contribution in [0, 0.1) is 18.6 Å². The summed E-state index contributed by atoms with van der Waals surface area (Å²) in [7, 11) is 0. The summed E-state index contributed by atoms with van der Waals surface area (Å²) >= 11 is 0. The molecule has 0 aliphatic heterocycles. The van der Waals surface area contributed by atoms with Gasteiger partial charge < -0.3 is 0 Å². The minimum Gasteiger partial charge on any atom is -0.207 e. The summed E-state index contributed by atoms with van der Waals surface area (Å²) in [5.74, 6) is -1.04. The lowest BCUT2D eigenvalue weighted by molar-refractivity contribution is 0.581. The van der Waals surface area contributed by atoms with Gasteiger partial charge in [0.2, 0.25) is 0 Å². The summed E-state index contributed by atoms with van der Waals surface area (Å²) in [4.78, 5) is 0. The van der Waals surface area contributed by atoms with Crippen molar-refractivity contribution in [1.29, 1.82) is 0 Å². The largest absolute Gasteiger partial charge is 0.207 e. The first kappa shape index (κ1) is 12.6. The molecule has 0 saturated heterocycles. The van der Waals surface area contributed by atoms with E-state index >= 15 is 0 Å². The van der Waals surface area contributed by atoms with Crippen molar-refractivity contribution in [3.63, 3.8) is 0 Å². The standard InChI is InChI=1S/C7H6F2.C5H8/c1-5-2-6(8)4-7(9)3-5;1-4-5(2)3/h2-4H,1H3;4H,1-2H2,3H3. The van der Waals surface area contributed by atoms with Crippen molar-refractivity contribution in [2.75, 3.05) is 0 Å². The lowest BCUT2D eigenvalue weighted by Gasteiger charge is -1.91. The molecule has 76 valence electrons. The minimum atomic E-state index is -0.521. The van der Waals surface area contributed by atoms with Gasteiger partial charge in [-0.05, 0) is 31.5 Å². The fourth-order valence-electron chi connectivity index (χ4n) is 0.692. The zero-order valence-corrected chi connectivity index (χ0v) is 8.48. The van der Waals surface area contributed by atoms with Gasteiger partial charge in [0.1, 0.15) is 11.6 Å². The van der Waals surface area contributed by atoms with Crippen LogP contribution in [0.5, 0.6) is 0 Å². The average Bonchev–Trinajstić information content (AvgIpc) is 2.02. The molecule has 0 radical (unpaired) electrons. The maximum absolute atomic E-state index is 12.2. The SMILES string of the molecule is C=CC(=C)C.Cc1cc(F)cc(F)c1. The number of hydrogen-bond acceptors (Lipinski definition) is 0. The smallest absolute Gasteiger partial charge is 0.126 e. The molecule has 0 spiro atoms. The summed E-state index contributed by atoms with van der Waals surface area (Å²) in [5.41, 5.74) is 1.62. The summed E-state index contributed by atoms with van der Waals surface area (Å²) in [6.45, 7) is 10.6. The highest BCUT2D eigenvalue weighted by Crippen LogP contribution is 2.05. The minimum absolute atomic E-state index is 0.521. The molecular weight excluding hydrogens is 182 g/mol. The zero-order valence-electron chi connectivity index (χ0n) is 8.48. The van der Waals surface area contributed by atoms with Gasteiger partial charge in [-0.1, -0.05) is 24.8 Å². The van der Waals surface area contributed by atoms with Gasteiger partial charge in [0.05, 0.1) is 0 Å². The van der Waals surface area contributed by atoms with E-state index in [4.69, 9.17) is 0 Å². The molecule has 0 aromatic heterocycles. The Morgan fingerprint density at radius 2 is 1.57 bits per heavy atom. The highest BCUT2D eigenvalue weighted by molar-refractivity contribution is 5.15. The molecular formula is C12H14F2. The van der Waals surface area contributed by atoms with E-state index in [1.807, 2.05) is 6.92 Å². The second-order valence-electron chi connectivity index (χ2n) is 3.00. The molecule has 0 N–H and O–H groups in total. The van der Waals surface area contributed by atoms with Crippen LogP contribution in [0.25, 0.3) is 0 Å². The Labute approximate surface area is 83.6 Å². The molecule has 0 aliphatic carbocycles. The third kappa shape index (κ3) is 6.12. The van der Waals surface area contributed by atoms with Crippen LogP contribution in [0.3, 0.4) is 0 Å². The van der Waals surface area contributed by atoms with Crippen molar-refractivity contribution in [2.24, 2.45) is 0 Å².